The molecule has 0 aliphatic rings. The Morgan fingerprint density at radius 1 is 1.36 bits per heavy atom. The molecular formula is C9H10N4O. The first kappa shape index (κ1) is 8.68. The Morgan fingerprint density at radius 3 is 2.79 bits per heavy atom. The first-order chi connectivity index (χ1) is 6.81. The van der Waals surface area contributed by atoms with Gasteiger partial charge in [-0.05, 0) is 0 Å². The maximum atomic E-state index is 10.6. The second kappa shape index (κ2) is 3.45. The molecule has 14 heavy (non-hydrogen) atoms. The number of carbonyl (C=O) groups is 1. The molecule has 2 heterocycles. The number of hydrogen-bond donors (Lipinski definition) is 0. The predicted octanol–water partition coefficient (Wildman–Crippen LogP) is 0.477. The Kier molecular flexibility index (Phi) is 2.14. The van der Waals surface area contributed by atoms with Crippen LogP contribution in [-0.2, 0) is 13.6 Å². The molecule has 0 fully saturated rings. The summed E-state index contributed by atoms with van der Waals surface area (Å²) in [7, 11) is 1.92. The molecule has 72 valence electrons. The molecule has 0 unspecified atom stereocenters. The quantitative estimate of drug-likeness (QED) is 0.661. The molecule has 2 aromatic heterocycles. The van der Waals surface area contributed by atoms with Gasteiger partial charge in [-0.2, -0.15) is 0 Å². The van der Waals surface area contributed by atoms with Gasteiger partial charge in [0.1, 0.15) is 5.82 Å². The van der Waals surface area contributed by atoms with Gasteiger partial charge >= 0.3 is 0 Å². The molecule has 0 atom stereocenters. The second-order valence-corrected chi connectivity index (χ2v) is 2.99. The SMILES string of the molecule is Cn1ccnc1Cn1ccnc1C=O. The van der Waals surface area contributed by atoms with Crippen molar-refractivity contribution in [1.82, 2.24) is 19.1 Å². The summed E-state index contributed by atoms with van der Waals surface area (Å²) < 4.78 is 3.67. The molecule has 0 N–H and O–H groups in total. The van der Waals surface area contributed by atoms with Crippen LogP contribution in [0.25, 0.3) is 0 Å². The van der Waals surface area contributed by atoms with Crippen molar-refractivity contribution in [3.63, 3.8) is 0 Å². The second-order valence-electron chi connectivity index (χ2n) is 2.99. The van der Waals surface area contributed by atoms with Crippen molar-refractivity contribution in [2.24, 2.45) is 7.05 Å². The van der Waals surface area contributed by atoms with Gasteiger partial charge in [0, 0.05) is 31.8 Å². The molecule has 5 nitrogen and oxygen atoms in total. The summed E-state index contributed by atoms with van der Waals surface area (Å²) in [5.74, 6) is 1.32. The van der Waals surface area contributed by atoms with Crippen LogP contribution in [0, 0.1) is 0 Å². The summed E-state index contributed by atoms with van der Waals surface area (Å²) in [6.07, 6.45) is 7.70. The first-order valence-corrected chi connectivity index (χ1v) is 4.24. The molecule has 0 radical (unpaired) electrons. The average molecular weight is 190 g/mol. The minimum absolute atomic E-state index is 0.424. The lowest BCUT2D eigenvalue weighted by Crippen LogP contribution is -2.07. The minimum atomic E-state index is 0.424. The van der Waals surface area contributed by atoms with E-state index >= 15 is 0 Å². The van der Waals surface area contributed by atoms with Crippen molar-refractivity contribution in [3.8, 4) is 0 Å². The number of carbonyl (C=O) groups excluding carboxylic acids is 1. The van der Waals surface area contributed by atoms with Gasteiger partial charge in [-0.3, -0.25) is 4.79 Å². The van der Waals surface area contributed by atoms with E-state index in [1.54, 1.807) is 23.2 Å². The third kappa shape index (κ3) is 1.44. The molecule has 2 aromatic rings. The Morgan fingerprint density at radius 2 is 2.14 bits per heavy atom. The van der Waals surface area contributed by atoms with Crippen LogP contribution in [0.2, 0.25) is 0 Å². The number of hydrogen-bond acceptors (Lipinski definition) is 3. The molecule has 2 rings (SSSR count). The van der Waals surface area contributed by atoms with Crippen molar-refractivity contribution < 1.29 is 4.79 Å². The van der Waals surface area contributed by atoms with Crippen LogP contribution in [0.4, 0.5) is 0 Å². The molecule has 5 heteroatoms. The van der Waals surface area contributed by atoms with Crippen molar-refractivity contribution >= 4 is 6.29 Å². The van der Waals surface area contributed by atoms with Gasteiger partial charge in [0.05, 0.1) is 6.54 Å². The first-order valence-electron chi connectivity index (χ1n) is 4.24. The van der Waals surface area contributed by atoms with Crippen LogP contribution in [0.5, 0.6) is 0 Å². The third-order valence-corrected chi connectivity index (χ3v) is 2.09. The fourth-order valence-corrected chi connectivity index (χ4v) is 1.27. The van der Waals surface area contributed by atoms with E-state index in [9.17, 15) is 4.79 Å². The van der Waals surface area contributed by atoms with Crippen LogP contribution in [0.1, 0.15) is 16.4 Å². The van der Waals surface area contributed by atoms with Crippen LogP contribution in [-0.4, -0.2) is 25.4 Å². The van der Waals surface area contributed by atoms with E-state index in [1.807, 2.05) is 17.8 Å². The topological polar surface area (TPSA) is 52.7 Å². The summed E-state index contributed by atoms with van der Waals surface area (Å²) in [6, 6.07) is 0. The lowest BCUT2D eigenvalue weighted by molar-refractivity contribution is 0.111. The summed E-state index contributed by atoms with van der Waals surface area (Å²) in [5, 5.41) is 0. The number of aromatic nitrogens is 4. The molecule has 0 aliphatic carbocycles. The molecule has 0 aromatic carbocycles. The van der Waals surface area contributed by atoms with E-state index < -0.39 is 0 Å². The van der Waals surface area contributed by atoms with Gasteiger partial charge < -0.3 is 9.13 Å². The number of aldehydes is 1. The van der Waals surface area contributed by atoms with Gasteiger partial charge in [0.25, 0.3) is 0 Å². The normalized spacial score (nSPS) is 10.4. The fraction of sp³-hybridized carbons (Fsp3) is 0.222. The van der Waals surface area contributed by atoms with Gasteiger partial charge in [0.15, 0.2) is 12.1 Å². The van der Waals surface area contributed by atoms with Gasteiger partial charge in [-0.15, -0.1) is 0 Å². The maximum absolute atomic E-state index is 10.6. The van der Waals surface area contributed by atoms with E-state index in [-0.39, 0.29) is 0 Å². The summed E-state index contributed by atoms with van der Waals surface area (Å²) >= 11 is 0. The number of imidazole rings is 2. The molecule has 0 saturated heterocycles. The zero-order valence-corrected chi connectivity index (χ0v) is 7.79. The average Bonchev–Trinajstić information content (AvgIpc) is 2.77. The van der Waals surface area contributed by atoms with E-state index in [2.05, 4.69) is 9.97 Å². The summed E-state index contributed by atoms with van der Waals surface area (Å²) in [6.45, 7) is 0.567. The number of rotatable bonds is 3. The molecular weight excluding hydrogens is 180 g/mol. The lowest BCUT2D eigenvalue weighted by Gasteiger charge is -2.03. The Bertz CT molecular complexity index is 443. The molecule has 0 bridgehead atoms. The fourth-order valence-electron chi connectivity index (χ4n) is 1.27. The Balaban J connectivity index is 2.27. The van der Waals surface area contributed by atoms with E-state index in [1.165, 1.54) is 0 Å². The zero-order chi connectivity index (χ0) is 9.97. The molecule has 0 amide bonds. The lowest BCUT2D eigenvalue weighted by atomic mass is 10.5. The van der Waals surface area contributed by atoms with Gasteiger partial charge in [0.2, 0.25) is 0 Å². The molecule has 0 aliphatic heterocycles. The van der Waals surface area contributed by atoms with E-state index in [0.717, 1.165) is 12.1 Å². The van der Waals surface area contributed by atoms with E-state index in [4.69, 9.17) is 0 Å². The highest BCUT2D eigenvalue weighted by Gasteiger charge is 2.04. The predicted molar refractivity (Wildman–Crippen MR) is 49.9 cm³/mol. The van der Waals surface area contributed by atoms with Gasteiger partial charge in [-0.1, -0.05) is 0 Å². The van der Waals surface area contributed by atoms with Crippen LogP contribution in [0.15, 0.2) is 24.8 Å². The van der Waals surface area contributed by atoms with E-state index in [0.29, 0.717) is 12.4 Å². The monoisotopic (exact) mass is 190 g/mol. The minimum Gasteiger partial charge on any atom is -0.337 e. The van der Waals surface area contributed by atoms with Crippen LogP contribution >= 0.6 is 0 Å². The smallest absolute Gasteiger partial charge is 0.185 e. The Hall–Kier alpha value is -1.91. The number of aryl methyl sites for hydroxylation is 1. The third-order valence-electron chi connectivity index (χ3n) is 2.09. The Labute approximate surface area is 81.0 Å². The van der Waals surface area contributed by atoms with Crippen LogP contribution < -0.4 is 0 Å². The standard InChI is InChI=1S/C9H10N4O/c1-12-4-2-10-8(12)6-13-5-3-11-9(13)7-14/h2-5,7H,6H2,1H3. The van der Waals surface area contributed by atoms with Crippen molar-refractivity contribution in [2.75, 3.05) is 0 Å². The summed E-state index contributed by atoms with van der Waals surface area (Å²) in [4.78, 5) is 18.7. The van der Waals surface area contributed by atoms with Crippen molar-refractivity contribution in [2.45, 2.75) is 6.54 Å². The highest BCUT2D eigenvalue weighted by atomic mass is 16.1. The number of nitrogens with zero attached hydrogens (tertiary/aromatic N) is 4. The zero-order valence-electron chi connectivity index (χ0n) is 7.79. The largest absolute Gasteiger partial charge is 0.337 e. The van der Waals surface area contributed by atoms with Crippen molar-refractivity contribution in [3.05, 3.63) is 36.4 Å². The van der Waals surface area contributed by atoms with Gasteiger partial charge in [-0.25, -0.2) is 9.97 Å². The molecule has 0 saturated carbocycles. The highest BCUT2D eigenvalue weighted by Crippen LogP contribution is 2.01. The summed E-state index contributed by atoms with van der Waals surface area (Å²) in [5.41, 5.74) is 0. The van der Waals surface area contributed by atoms with Crippen molar-refractivity contribution in [1.29, 1.82) is 0 Å². The molecule has 0 spiro atoms. The highest BCUT2D eigenvalue weighted by molar-refractivity contribution is 5.69. The maximum Gasteiger partial charge on any atom is 0.185 e. The van der Waals surface area contributed by atoms with Crippen LogP contribution in [0.3, 0.4) is 0 Å².